The van der Waals surface area contributed by atoms with Crippen LogP contribution in [0.15, 0.2) is 18.2 Å². The molecule has 17 heavy (non-hydrogen) atoms. The Morgan fingerprint density at radius 3 is 2.59 bits per heavy atom. The third kappa shape index (κ3) is 1.88. The van der Waals surface area contributed by atoms with Crippen LogP contribution in [0.4, 0.5) is 10.3 Å². The van der Waals surface area contributed by atoms with Gasteiger partial charge in [-0.25, -0.2) is 9.37 Å². The van der Waals surface area contributed by atoms with Gasteiger partial charge in [-0.3, -0.25) is 0 Å². The van der Waals surface area contributed by atoms with E-state index in [-0.39, 0.29) is 17.3 Å². The number of hydrogen-bond donors (Lipinski definition) is 1. The SMILES string of the molecule is CC(n1c(N)nc2c(F)cccc21)C(C)(C)C. The predicted octanol–water partition coefficient (Wildman–Crippen LogP) is 3.36. The molecule has 1 aromatic heterocycles. The van der Waals surface area contributed by atoms with E-state index in [1.807, 2.05) is 10.6 Å². The van der Waals surface area contributed by atoms with Crippen LogP contribution in [-0.4, -0.2) is 9.55 Å². The average molecular weight is 235 g/mol. The van der Waals surface area contributed by atoms with Gasteiger partial charge in [-0.05, 0) is 24.5 Å². The van der Waals surface area contributed by atoms with Crippen molar-refractivity contribution in [3.8, 4) is 0 Å². The number of nitrogens with zero attached hydrogens (tertiary/aromatic N) is 2. The summed E-state index contributed by atoms with van der Waals surface area (Å²) in [7, 11) is 0. The zero-order chi connectivity index (χ0) is 12.8. The number of nitrogen functional groups attached to an aromatic ring is 1. The second-order valence-corrected chi connectivity index (χ2v) is 5.49. The minimum atomic E-state index is -0.325. The van der Waals surface area contributed by atoms with Gasteiger partial charge in [0.1, 0.15) is 5.52 Å². The molecule has 0 saturated carbocycles. The van der Waals surface area contributed by atoms with Crippen molar-refractivity contribution in [2.75, 3.05) is 5.73 Å². The van der Waals surface area contributed by atoms with Crippen LogP contribution >= 0.6 is 0 Å². The Bertz CT molecular complexity index is 552. The molecular formula is C13H18FN3. The van der Waals surface area contributed by atoms with E-state index >= 15 is 0 Å². The molecule has 0 fully saturated rings. The smallest absolute Gasteiger partial charge is 0.201 e. The Morgan fingerprint density at radius 2 is 2.00 bits per heavy atom. The maximum absolute atomic E-state index is 13.6. The number of benzene rings is 1. The highest BCUT2D eigenvalue weighted by Crippen LogP contribution is 2.35. The first-order valence-electron chi connectivity index (χ1n) is 5.74. The summed E-state index contributed by atoms with van der Waals surface area (Å²) in [6, 6.07) is 5.09. The normalized spacial score (nSPS) is 14.2. The van der Waals surface area contributed by atoms with E-state index in [4.69, 9.17) is 5.73 Å². The van der Waals surface area contributed by atoms with Crippen LogP contribution in [0, 0.1) is 11.2 Å². The number of halogens is 1. The summed E-state index contributed by atoms with van der Waals surface area (Å²) in [5.41, 5.74) is 7.04. The number of aromatic nitrogens is 2. The number of anilines is 1. The monoisotopic (exact) mass is 235 g/mol. The van der Waals surface area contributed by atoms with Crippen LogP contribution in [0.1, 0.15) is 33.7 Å². The molecule has 0 amide bonds. The molecule has 92 valence electrons. The number of hydrogen-bond acceptors (Lipinski definition) is 2. The van der Waals surface area contributed by atoms with Gasteiger partial charge in [0.2, 0.25) is 5.95 Å². The van der Waals surface area contributed by atoms with Crippen molar-refractivity contribution in [2.45, 2.75) is 33.7 Å². The van der Waals surface area contributed by atoms with Crippen LogP contribution in [0.2, 0.25) is 0 Å². The first-order chi connectivity index (χ1) is 7.82. The first kappa shape index (κ1) is 11.9. The lowest BCUT2D eigenvalue weighted by atomic mass is 9.88. The Kier molecular flexibility index (Phi) is 2.60. The lowest BCUT2D eigenvalue weighted by Gasteiger charge is -2.29. The summed E-state index contributed by atoms with van der Waals surface area (Å²) in [5.74, 6) is 0.0431. The van der Waals surface area contributed by atoms with Crippen molar-refractivity contribution >= 4 is 17.0 Å². The van der Waals surface area contributed by atoms with Gasteiger partial charge in [-0.2, -0.15) is 0 Å². The molecule has 0 aliphatic rings. The summed E-state index contributed by atoms with van der Waals surface area (Å²) in [6.45, 7) is 8.45. The van der Waals surface area contributed by atoms with Crippen molar-refractivity contribution in [3.63, 3.8) is 0 Å². The van der Waals surface area contributed by atoms with E-state index in [1.165, 1.54) is 6.07 Å². The largest absolute Gasteiger partial charge is 0.369 e. The summed E-state index contributed by atoms with van der Waals surface area (Å²) in [6.07, 6.45) is 0. The van der Waals surface area contributed by atoms with E-state index in [0.29, 0.717) is 11.5 Å². The molecule has 1 heterocycles. The quantitative estimate of drug-likeness (QED) is 0.823. The number of para-hydroxylation sites is 1. The van der Waals surface area contributed by atoms with Gasteiger partial charge in [0, 0.05) is 6.04 Å². The Hall–Kier alpha value is -1.58. The number of rotatable bonds is 1. The molecule has 4 heteroatoms. The van der Waals surface area contributed by atoms with Crippen LogP contribution in [-0.2, 0) is 0 Å². The van der Waals surface area contributed by atoms with E-state index in [0.717, 1.165) is 5.52 Å². The van der Waals surface area contributed by atoms with Gasteiger partial charge in [0.25, 0.3) is 0 Å². The van der Waals surface area contributed by atoms with Crippen LogP contribution in [0.25, 0.3) is 11.0 Å². The zero-order valence-corrected chi connectivity index (χ0v) is 10.7. The van der Waals surface area contributed by atoms with E-state index in [1.54, 1.807) is 6.07 Å². The molecule has 3 nitrogen and oxygen atoms in total. The fraction of sp³-hybridized carbons (Fsp3) is 0.462. The minimum absolute atomic E-state index is 0.0358. The van der Waals surface area contributed by atoms with Crippen LogP contribution < -0.4 is 5.73 Å². The molecule has 2 rings (SSSR count). The number of fused-ring (bicyclic) bond motifs is 1. The van der Waals surface area contributed by atoms with Crippen molar-refractivity contribution in [3.05, 3.63) is 24.0 Å². The van der Waals surface area contributed by atoms with E-state index in [9.17, 15) is 4.39 Å². The molecule has 0 aliphatic carbocycles. The van der Waals surface area contributed by atoms with Gasteiger partial charge in [-0.1, -0.05) is 26.8 Å². The Balaban J connectivity index is 2.70. The van der Waals surface area contributed by atoms with Crippen LogP contribution in [0.5, 0.6) is 0 Å². The average Bonchev–Trinajstić information content (AvgIpc) is 2.54. The number of imidazole rings is 1. The number of nitrogens with two attached hydrogens (primary N) is 1. The third-order valence-corrected chi connectivity index (χ3v) is 3.34. The zero-order valence-electron chi connectivity index (χ0n) is 10.7. The topological polar surface area (TPSA) is 43.8 Å². The van der Waals surface area contributed by atoms with Crippen molar-refractivity contribution in [1.29, 1.82) is 0 Å². The Labute approximate surface area is 100 Å². The highest BCUT2D eigenvalue weighted by atomic mass is 19.1. The van der Waals surface area contributed by atoms with E-state index in [2.05, 4.69) is 32.7 Å². The first-order valence-corrected chi connectivity index (χ1v) is 5.74. The minimum Gasteiger partial charge on any atom is -0.369 e. The van der Waals surface area contributed by atoms with Crippen molar-refractivity contribution in [1.82, 2.24) is 9.55 Å². The van der Waals surface area contributed by atoms with Crippen molar-refractivity contribution in [2.24, 2.45) is 5.41 Å². The highest BCUT2D eigenvalue weighted by molar-refractivity contribution is 5.79. The highest BCUT2D eigenvalue weighted by Gasteiger charge is 2.25. The maximum atomic E-state index is 13.6. The maximum Gasteiger partial charge on any atom is 0.201 e. The Morgan fingerprint density at radius 1 is 1.35 bits per heavy atom. The molecule has 0 saturated heterocycles. The summed E-state index contributed by atoms with van der Waals surface area (Å²) < 4.78 is 15.5. The predicted molar refractivity (Wildman–Crippen MR) is 68.3 cm³/mol. The second kappa shape index (κ2) is 3.72. The van der Waals surface area contributed by atoms with E-state index < -0.39 is 0 Å². The fourth-order valence-corrected chi connectivity index (χ4v) is 1.90. The molecule has 0 spiro atoms. The summed E-state index contributed by atoms with van der Waals surface area (Å²) >= 11 is 0. The standard InChI is InChI=1S/C13H18FN3/c1-8(13(2,3)4)17-10-7-5-6-9(14)11(10)16-12(17)15/h5-8H,1-4H3,(H2,15,16). The molecule has 2 N–H and O–H groups in total. The molecule has 2 aromatic rings. The second-order valence-electron chi connectivity index (χ2n) is 5.49. The molecule has 1 atom stereocenters. The lowest BCUT2D eigenvalue weighted by molar-refractivity contribution is 0.270. The molecule has 0 aliphatic heterocycles. The lowest BCUT2D eigenvalue weighted by Crippen LogP contribution is -2.22. The van der Waals surface area contributed by atoms with Gasteiger partial charge in [-0.15, -0.1) is 0 Å². The molecule has 0 bridgehead atoms. The van der Waals surface area contributed by atoms with Crippen LogP contribution in [0.3, 0.4) is 0 Å². The van der Waals surface area contributed by atoms with Gasteiger partial charge >= 0.3 is 0 Å². The molecule has 1 aromatic carbocycles. The van der Waals surface area contributed by atoms with Gasteiger partial charge in [0.05, 0.1) is 5.52 Å². The molecular weight excluding hydrogens is 217 g/mol. The molecule has 1 unspecified atom stereocenters. The summed E-state index contributed by atoms with van der Waals surface area (Å²) in [5, 5.41) is 0. The molecule has 0 radical (unpaired) electrons. The summed E-state index contributed by atoms with van der Waals surface area (Å²) in [4.78, 5) is 4.11. The third-order valence-electron chi connectivity index (χ3n) is 3.34. The van der Waals surface area contributed by atoms with Gasteiger partial charge < -0.3 is 10.3 Å². The fourth-order valence-electron chi connectivity index (χ4n) is 1.90. The van der Waals surface area contributed by atoms with Gasteiger partial charge in [0.15, 0.2) is 5.82 Å². The van der Waals surface area contributed by atoms with Crippen molar-refractivity contribution < 1.29 is 4.39 Å².